The first-order chi connectivity index (χ1) is 14.3. The summed E-state index contributed by atoms with van der Waals surface area (Å²) in [5.74, 6) is -6.33. The number of carbonyl (C=O) groups is 1. The Morgan fingerprint density at radius 2 is 1.81 bits per heavy atom. The second kappa shape index (κ2) is 7.63. The van der Waals surface area contributed by atoms with Gasteiger partial charge < -0.3 is 4.74 Å². The molecule has 4 saturated carbocycles. The Morgan fingerprint density at radius 3 is 2.39 bits per heavy atom. The van der Waals surface area contributed by atoms with Gasteiger partial charge in [0.05, 0.1) is 17.2 Å². The Labute approximate surface area is 184 Å². The fourth-order valence-corrected chi connectivity index (χ4v) is 6.66. The SMILES string of the molecule is CN(C)S(=O)(=O)CC(=O)c1cc(Cl)c(OCC23CC4CC(C2)C(F)(F)C(C4)C3)cc1F. The average Bonchev–Trinajstić information content (AvgIpc) is 2.65. The van der Waals surface area contributed by atoms with Crippen LogP contribution < -0.4 is 4.74 Å². The van der Waals surface area contributed by atoms with Gasteiger partial charge in [0, 0.05) is 37.4 Å². The molecule has 4 aliphatic carbocycles. The molecule has 5 nitrogen and oxygen atoms in total. The van der Waals surface area contributed by atoms with Crippen LogP contribution in [0.5, 0.6) is 5.75 Å². The van der Waals surface area contributed by atoms with Gasteiger partial charge in [-0.15, -0.1) is 0 Å². The Kier molecular flexibility index (Phi) is 5.62. The maximum absolute atomic E-state index is 14.6. The fraction of sp³-hybridized carbons (Fsp3) is 0.667. The van der Waals surface area contributed by atoms with Crippen LogP contribution in [-0.4, -0.2) is 50.9 Å². The summed E-state index contributed by atoms with van der Waals surface area (Å²) in [5.41, 5.74) is -0.802. The summed E-state index contributed by atoms with van der Waals surface area (Å²) >= 11 is 6.19. The molecular weight excluding hydrogens is 455 g/mol. The lowest BCUT2D eigenvalue weighted by molar-refractivity contribution is -0.230. The van der Waals surface area contributed by atoms with Gasteiger partial charge in [-0.3, -0.25) is 4.79 Å². The smallest absolute Gasteiger partial charge is 0.253 e. The monoisotopic (exact) mass is 479 g/mol. The lowest BCUT2D eigenvalue weighted by Crippen LogP contribution is -2.58. The van der Waals surface area contributed by atoms with E-state index in [4.69, 9.17) is 16.3 Å². The molecule has 10 heteroatoms. The largest absolute Gasteiger partial charge is 0.491 e. The summed E-state index contributed by atoms with van der Waals surface area (Å²) in [6, 6.07) is 2.03. The molecular formula is C21H25ClF3NO4S. The van der Waals surface area contributed by atoms with Crippen LogP contribution in [0.1, 0.15) is 42.5 Å². The number of hydrogen-bond donors (Lipinski definition) is 0. The van der Waals surface area contributed by atoms with E-state index >= 15 is 0 Å². The third-order valence-corrected chi connectivity index (χ3v) is 9.17. The Morgan fingerprint density at radius 1 is 1.19 bits per heavy atom. The van der Waals surface area contributed by atoms with Crippen LogP contribution in [0, 0.1) is 29.0 Å². The van der Waals surface area contributed by atoms with Gasteiger partial charge in [-0.25, -0.2) is 25.9 Å². The average molecular weight is 480 g/mol. The normalized spacial score (nSPS) is 31.3. The molecule has 0 amide bonds. The van der Waals surface area contributed by atoms with Gasteiger partial charge >= 0.3 is 0 Å². The molecule has 1 aromatic carbocycles. The van der Waals surface area contributed by atoms with E-state index in [1.165, 1.54) is 14.1 Å². The second-order valence-electron chi connectivity index (χ2n) is 9.53. The molecule has 4 fully saturated rings. The Bertz CT molecular complexity index is 996. The van der Waals surface area contributed by atoms with Gasteiger partial charge in [0.25, 0.3) is 5.92 Å². The number of ether oxygens (including phenoxy) is 1. The van der Waals surface area contributed by atoms with Crippen molar-refractivity contribution in [1.29, 1.82) is 0 Å². The second-order valence-corrected chi connectivity index (χ2v) is 12.1. The van der Waals surface area contributed by atoms with Gasteiger partial charge in [0.15, 0.2) is 5.78 Å². The lowest BCUT2D eigenvalue weighted by atomic mass is 9.48. The predicted molar refractivity (Wildman–Crippen MR) is 110 cm³/mol. The van der Waals surface area contributed by atoms with Crippen molar-refractivity contribution < 1.29 is 31.1 Å². The van der Waals surface area contributed by atoms with Crippen molar-refractivity contribution in [3.05, 3.63) is 28.5 Å². The summed E-state index contributed by atoms with van der Waals surface area (Å²) in [5, 5.41) is -0.0259. The minimum Gasteiger partial charge on any atom is -0.491 e. The highest BCUT2D eigenvalue weighted by atomic mass is 35.5. The summed E-state index contributed by atoms with van der Waals surface area (Å²) in [7, 11) is -1.29. The topological polar surface area (TPSA) is 63.7 Å². The summed E-state index contributed by atoms with van der Waals surface area (Å²) in [6.07, 6.45) is 2.67. The standard InChI is InChI=1S/C21H25ClF3NO4S/c1-26(2)31(28,29)10-18(27)15-5-16(22)19(6-17(15)23)30-11-20-7-12-3-13(8-20)21(24,25)14(4-12)9-20/h5-6,12-14H,3-4,7-11H2,1-2H3. The summed E-state index contributed by atoms with van der Waals surface area (Å²) in [4.78, 5) is 12.3. The molecule has 0 N–H and O–H groups in total. The molecule has 172 valence electrons. The first-order valence-electron chi connectivity index (χ1n) is 10.3. The predicted octanol–water partition coefficient (Wildman–Crippen LogP) is 4.39. The van der Waals surface area contributed by atoms with E-state index in [1.54, 1.807) is 0 Å². The van der Waals surface area contributed by atoms with Crippen LogP contribution in [0.4, 0.5) is 13.2 Å². The zero-order chi connectivity index (χ0) is 22.8. The molecule has 0 saturated heterocycles. The van der Waals surface area contributed by atoms with Crippen LogP contribution in [-0.2, 0) is 10.0 Å². The van der Waals surface area contributed by atoms with Crippen molar-refractivity contribution in [2.45, 2.75) is 38.0 Å². The number of halogens is 4. The number of benzene rings is 1. The summed E-state index contributed by atoms with van der Waals surface area (Å²) < 4.78 is 74.0. The molecule has 0 spiro atoms. The number of nitrogens with zero attached hydrogens (tertiary/aromatic N) is 1. The van der Waals surface area contributed by atoms with E-state index in [-0.39, 0.29) is 28.7 Å². The zero-order valence-corrected chi connectivity index (χ0v) is 18.9. The minimum absolute atomic E-state index is 0.0219. The molecule has 1 aromatic rings. The third-order valence-electron chi connectivity index (χ3n) is 7.13. The molecule has 0 aliphatic heterocycles. The maximum Gasteiger partial charge on any atom is 0.253 e. The zero-order valence-electron chi connectivity index (χ0n) is 17.3. The van der Waals surface area contributed by atoms with Crippen LogP contribution in [0.15, 0.2) is 12.1 Å². The van der Waals surface area contributed by atoms with E-state index in [2.05, 4.69) is 0 Å². The van der Waals surface area contributed by atoms with Crippen molar-refractivity contribution in [3.63, 3.8) is 0 Å². The molecule has 0 radical (unpaired) electrons. The molecule has 2 atom stereocenters. The van der Waals surface area contributed by atoms with Gasteiger partial charge in [0.1, 0.15) is 17.3 Å². The fourth-order valence-electron chi connectivity index (χ4n) is 5.69. The number of Topliss-reactive ketones (excluding diaryl/α,β-unsaturated/α-hetero) is 1. The van der Waals surface area contributed by atoms with Crippen molar-refractivity contribution in [1.82, 2.24) is 4.31 Å². The third kappa shape index (κ3) is 4.09. The Balaban J connectivity index is 1.48. The van der Waals surface area contributed by atoms with Crippen molar-refractivity contribution in [2.75, 3.05) is 26.5 Å². The number of hydrogen-bond acceptors (Lipinski definition) is 4. The quantitative estimate of drug-likeness (QED) is 0.544. The molecule has 0 aromatic heterocycles. The molecule has 0 heterocycles. The van der Waals surface area contributed by atoms with Gasteiger partial charge in [0.2, 0.25) is 10.0 Å². The molecule has 4 bridgehead atoms. The van der Waals surface area contributed by atoms with E-state index in [0.29, 0.717) is 25.7 Å². The highest BCUT2D eigenvalue weighted by Gasteiger charge is 2.63. The van der Waals surface area contributed by atoms with Crippen LogP contribution in [0.25, 0.3) is 0 Å². The maximum atomic E-state index is 14.6. The number of rotatable bonds is 7. The van der Waals surface area contributed by atoms with E-state index in [1.807, 2.05) is 0 Å². The number of sulfonamides is 1. The minimum atomic E-state index is -3.85. The van der Waals surface area contributed by atoms with E-state index in [0.717, 1.165) is 22.9 Å². The Hall–Kier alpha value is -1.32. The molecule has 5 rings (SSSR count). The molecule has 4 aliphatic rings. The van der Waals surface area contributed by atoms with E-state index in [9.17, 15) is 26.4 Å². The first kappa shape index (κ1) is 22.9. The number of alkyl halides is 2. The van der Waals surface area contributed by atoms with Crippen molar-refractivity contribution in [3.8, 4) is 5.75 Å². The van der Waals surface area contributed by atoms with Crippen LogP contribution in [0.2, 0.25) is 5.02 Å². The molecule has 2 unspecified atom stereocenters. The van der Waals surface area contributed by atoms with Gasteiger partial charge in [-0.1, -0.05) is 11.6 Å². The highest BCUT2D eigenvalue weighted by molar-refractivity contribution is 7.89. The van der Waals surface area contributed by atoms with Gasteiger partial charge in [-0.2, -0.15) is 0 Å². The summed E-state index contributed by atoms with van der Waals surface area (Å²) in [6.45, 7) is 0.161. The van der Waals surface area contributed by atoms with Crippen LogP contribution >= 0.6 is 11.6 Å². The highest BCUT2D eigenvalue weighted by Crippen LogP contribution is 2.65. The van der Waals surface area contributed by atoms with Crippen molar-refractivity contribution in [2.24, 2.45) is 23.2 Å². The lowest BCUT2D eigenvalue weighted by Gasteiger charge is -2.59. The number of carbonyl (C=O) groups excluding carboxylic acids is 1. The van der Waals surface area contributed by atoms with E-state index < -0.39 is 50.7 Å². The van der Waals surface area contributed by atoms with Gasteiger partial charge in [-0.05, 0) is 44.1 Å². The molecule has 31 heavy (non-hydrogen) atoms. The van der Waals surface area contributed by atoms with Crippen LogP contribution in [0.3, 0.4) is 0 Å². The first-order valence-corrected chi connectivity index (χ1v) is 12.2. The number of ketones is 1. The van der Waals surface area contributed by atoms with Crippen molar-refractivity contribution >= 4 is 27.4 Å².